The maximum absolute atomic E-state index is 11.7. The number of piperazine rings is 1. The minimum Gasteiger partial charge on any atom is -0.394 e. The third kappa shape index (κ3) is 3.07. The van der Waals surface area contributed by atoms with Gasteiger partial charge in [-0.15, -0.1) is 0 Å². The van der Waals surface area contributed by atoms with Crippen LogP contribution in [0.4, 0.5) is 5.69 Å². The highest BCUT2D eigenvalue weighted by Gasteiger charge is 2.27. The lowest BCUT2D eigenvalue weighted by molar-refractivity contribution is -0.121. The number of para-hydroxylation sites is 1. The molecule has 2 N–H and O–H groups in total. The Morgan fingerprint density at radius 2 is 2.05 bits per heavy atom. The molecule has 0 aromatic heterocycles. The van der Waals surface area contributed by atoms with Gasteiger partial charge in [-0.25, -0.2) is 0 Å². The zero-order valence-electron chi connectivity index (χ0n) is 11.8. The number of carbonyl (C=O) groups excluding carboxylic acids is 1. The first-order valence-corrected chi connectivity index (χ1v) is 6.66. The maximum Gasteiger partial charge on any atom is 0.239 e. The van der Waals surface area contributed by atoms with Crippen molar-refractivity contribution in [1.82, 2.24) is 5.32 Å². The van der Waals surface area contributed by atoms with Crippen molar-refractivity contribution in [3.8, 4) is 0 Å². The summed E-state index contributed by atoms with van der Waals surface area (Å²) in [7, 11) is 0. The monoisotopic (exact) mass is 262 g/mol. The molecule has 2 rings (SSSR count). The van der Waals surface area contributed by atoms with Crippen LogP contribution in [0.2, 0.25) is 0 Å². The summed E-state index contributed by atoms with van der Waals surface area (Å²) in [6.07, 6.45) is 0. The number of rotatable bonds is 2. The van der Waals surface area contributed by atoms with Crippen molar-refractivity contribution >= 4 is 11.6 Å². The lowest BCUT2D eigenvalue weighted by atomic mass is 9.85. The highest BCUT2D eigenvalue weighted by molar-refractivity contribution is 5.83. The van der Waals surface area contributed by atoms with Gasteiger partial charge in [-0.1, -0.05) is 39.0 Å². The largest absolute Gasteiger partial charge is 0.394 e. The first-order chi connectivity index (χ1) is 8.91. The Balaban J connectivity index is 2.33. The molecule has 4 nitrogen and oxygen atoms in total. The van der Waals surface area contributed by atoms with E-state index in [4.69, 9.17) is 0 Å². The summed E-state index contributed by atoms with van der Waals surface area (Å²) >= 11 is 0. The van der Waals surface area contributed by atoms with Crippen LogP contribution >= 0.6 is 0 Å². The fourth-order valence-corrected chi connectivity index (χ4v) is 2.49. The van der Waals surface area contributed by atoms with Crippen molar-refractivity contribution in [1.29, 1.82) is 0 Å². The molecule has 1 saturated heterocycles. The van der Waals surface area contributed by atoms with Crippen LogP contribution in [0.1, 0.15) is 26.3 Å². The quantitative estimate of drug-likeness (QED) is 0.844. The zero-order valence-corrected chi connectivity index (χ0v) is 11.8. The first kappa shape index (κ1) is 13.9. The second-order valence-corrected chi connectivity index (χ2v) is 6.09. The molecule has 1 aromatic rings. The molecule has 4 heteroatoms. The molecule has 104 valence electrons. The lowest BCUT2D eigenvalue weighted by Crippen LogP contribution is -2.56. The van der Waals surface area contributed by atoms with Gasteiger partial charge in [0.2, 0.25) is 5.91 Å². The van der Waals surface area contributed by atoms with Crippen LogP contribution in [0.5, 0.6) is 0 Å². The average molecular weight is 262 g/mol. The molecule has 0 spiro atoms. The molecule has 1 fully saturated rings. The van der Waals surface area contributed by atoms with Gasteiger partial charge in [-0.05, 0) is 17.0 Å². The number of aliphatic hydroxyl groups is 1. The standard InChI is InChI=1S/C15H22N2O2/c1-15(2,3)12-6-4-5-7-13(12)17-8-11(10-18)16-14(19)9-17/h4-7,11,18H,8-10H2,1-3H3,(H,16,19). The molecule has 19 heavy (non-hydrogen) atoms. The smallest absolute Gasteiger partial charge is 0.239 e. The minimum atomic E-state index is -0.186. The van der Waals surface area contributed by atoms with Crippen molar-refractivity contribution in [3.63, 3.8) is 0 Å². The van der Waals surface area contributed by atoms with Gasteiger partial charge in [0.15, 0.2) is 0 Å². The summed E-state index contributed by atoms with van der Waals surface area (Å²) < 4.78 is 0. The van der Waals surface area contributed by atoms with Gasteiger partial charge in [-0.2, -0.15) is 0 Å². The number of amides is 1. The molecule has 0 bridgehead atoms. The Hall–Kier alpha value is -1.55. The topological polar surface area (TPSA) is 52.6 Å². The lowest BCUT2D eigenvalue weighted by Gasteiger charge is -2.36. The molecule has 1 heterocycles. The van der Waals surface area contributed by atoms with Crippen molar-refractivity contribution < 1.29 is 9.90 Å². The van der Waals surface area contributed by atoms with E-state index in [1.807, 2.05) is 18.2 Å². The predicted molar refractivity (Wildman–Crippen MR) is 76.4 cm³/mol. The van der Waals surface area contributed by atoms with Gasteiger partial charge in [0.05, 0.1) is 19.2 Å². The van der Waals surface area contributed by atoms with Crippen molar-refractivity contribution in [2.45, 2.75) is 32.2 Å². The van der Waals surface area contributed by atoms with Gasteiger partial charge >= 0.3 is 0 Å². The molecule has 1 unspecified atom stereocenters. The number of anilines is 1. The van der Waals surface area contributed by atoms with Crippen molar-refractivity contribution in [2.75, 3.05) is 24.6 Å². The SMILES string of the molecule is CC(C)(C)c1ccccc1N1CC(=O)NC(CO)C1. The number of carbonyl (C=O) groups is 1. The average Bonchev–Trinajstić information content (AvgIpc) is 2.37. The number of nitrogens with one attached hydrogen (secondary N) is 1. The maximum atomic E-state index is 11.7. The minimum absolute atomic E-state index is 0.0270. The number of nitrogens with zero attached hydrogens (tertiary/aromatic N) is 1. The number of benzene rings is 1. The summed E-state index contributed by atoms with van der Waals surface area (Å²) in [5.41, 5.74) is 2.34. The Bertz CT molecular complexity index is 465. The van der Waals surface area contributed by atoms with Crippen LogP contribution in [0, 0.1) is 0 Å². The second-order valence-electron chi connectivity index (χ2n) is 6.09. The molecule has 0 saturated carbocycles. The molecular formula is C15H22N2O2. The van der Waals surface area contributed by atoms with Gasteiger partial charge in [0, 0.05) is 12.2 Å². The Kier molecular flexibility index (Phi) is 3.80. The normalized spacial score (nSPS) is 20.3. The van der Waals surface area contributed by atoms with E-state index in [0.717, 1.165) is 5.69 Å². The van der Waals surface area contributed by atoms with Gasteiger partial charge in [-0.3, -0.25) is 4.79 Å². The van der Waals surface area contributed by atoms with Crippen LogP contribution in [0.3, 0.4) is 0 Å². The summed E-state index contributed by atoms with van der Waals surface area (Å²) in [4.78, 5) is 13.8. The molecule has 1 aliphatic rings. The van der Waals surface area contributed by atoms with E-state index < -0.39 is 0 Å². The zero-order chi connectivity index (χ0) is 14.0. The summed E-state index contributed by atoms with van der Waals surface area (Å²) in [6.45, 7) is 7.47. The first-order valence-electron chi connectivity index (χ1n) is 6.66. The van der Waals surface area contributed by atoms with Crippen LogP contribution in [0.15, 0.2) is 24.3 Å². The molecule has 1 atom stereocenters. The van der Waals surface area contributed by atoms with E-state index >= 15 is 0 Å². The molecule has 1 aromatic carbocycles. The van der Waals surface area contributed by atoms with Crippen LogP contribution in [-0.2, 0) is 10.2 Å². The van der Waals surface area contributed by atoms with Crippen molar-refractivity contribution in [2.24, 2.45) is 0 Å². The van der Waals surface area contributed by atoms with E-state index in [1.165, 1.54) is 5.56 Å². The Morgan fingerprint density at radius 3 is 2.68 bits per heavy atom. The number of aliphatic hydroxyl groups excluding tert-OH is 1. The third-order valence-corrected chi connectivity index (χ3v) is 3.41. The summed E-state index contributed by atoms with van der Waals surface area (Å²) in [5, 5.41) is 12.1. The Morgan fingerprint density at radius 1 is 1.37 bits per heavy atom. The van der Waals surface area contributed by atoms with E-state index in [2.05, 4.69) is 37.1 Å². The molecule has 1 aliphatic heterocycles. The summed E-state index contributed by atoms with van der Waals surface area (Å²) in [6, 6.07) is 7.99. The summed E-state index contributed by atoms with van der Waals surface area (Å²) in [5.74, 6) is -0.0333. The van der Waals surface area contributed by atoms with Gasteiger partial charge in [0.25, 0.3) is 0 Å². The van der Waals surface area contributed by atoms with Crippen LogP contribution < -0.4 is 10.2 Å². The molecular weight excluding hydrogens is 240 g/mol. The fourth-order valence-electron chi connectivity index (χ4n) is 2.49. The number of hydrogen-bond acceptors (Lipinski definition) is 3. The van der Waals surface area contributed by atoms with E-state index in [0.29, 0.717) is 13.1 Å². The highest BCUT2D eigenvalue weighted by atomic mass is 16.3. The van der Waals surface area contributed by atoms with Crippen LogP contribution in [0.25, 0.3) is 0 Å². The van der Waals surface area contributed by atoms with Crippen molar-refractivity contribution in [3.05, 3.63) is 29.8 Å². The molecule has 0 radical (unpaired) electrons. The van der Waals surface area contributed by atoms with E-state index in [-0.39, 0.29) is 24.0 Å². The van der Waals surface area contributed by atoms with Gasteiger partial charge < -0.3 is 15.3 Å². The van der Waals surface area contributed by atoms with E-state index in [1.54, 1.807) is 0 Å². The second kappa shape index (κ2) is 5.21. The Labute approximate surface area is 114 Å². The van der Waals surface area contributed by atoms with E-state index in [9.17, 15) is 9.90 Å². The highest BCUT2D eigenvalue weighted by Crippen LogP contribution is 2.32. The molecule has 1 amide bonds. The number of hydrogen-bond donors (Lipinski definition) is 2. The molecule has 0 aliphatic carbocycles. The predicted octanol–water partition coefficient (Wildman–Crippen LogP) is 1.28. The van der Waals surface area contributed by atoms with Gasteiger partial charge in [0.1, 0.15) is 0 Å². The third-order valence-electron chi connectivity index (χ3n) is 3.41. The fraction of sp³-hybridized carbons (Fsp3) is 0.533. The van der Waals surface area contributed by atoms with Crippen LogP contribution in [-0.4, -0.2) is 36.8 Å².